The highest BCUT2D eigenvalue weighted by molar-refractivity contribution is 6.39. The Kier molecular flexibility index (Phi) is 5.02. The van der Waals surface area contributed by atoms with Gasteiger partial charge in [-0.25, -0.2) is 9.69 Å². The molecule has 2 aliphatic heterocycles. The third-order valence-corrected chi connectivity index (χ3v) is 5.18. The Morgan fingerprint density at radius 3 is 2.48 bits per heavy atom. The third-order valence-electron chi connectivity index (χ3n) is 4.74. The van der Waals surface area contributed by atoms with Crippen molar-refractivity contribution < 1.29 is 19.1 Å². The molecule has 2 aromatic rings. The molecule has 0 bridgehead atoms. The van der Waals surface area contributed by atoms with Crippen LogP contribution >= 0.6 is 23.2 Å². The second kappa shape index (κ2) is 7.50. The lowest BCUT2D eigenvalue weighted by molar-refractivity contribution is -0.136. The van der Waals surface area contributed by atoms with E-state index in [2.05, 4.69) is 10.5 Å². The Labute approximate surface area is 176 Å². The number of carbonyl (C=O) groups excluding carboxylic acids is 3. The van der Waals surface area contributed by atoms with Gasteiger partial charge in [0, 0.05) is 16.5 Å². The van der Waals surface area contributed by atoms with E-state index in [0.717, 1.165) is 10.5 Å². The number of halogens is 2. The predicted octanol–water partition coefficient (Wildman–Crippen LogP) is 3.09. The van der Waals surface area contributed by atoms with Crippen molar-refractivity contribution in [1.82, 2.24) is 5.43 Å². The highest BCUT2D eigenvalue weighted by Crippen LogP contribution is 2.36. The summed E-state index contributed by atoms with van der Waals surface area (Å²) in [5.41, 5.74) is 2.54. The van der Waals surface area contributed by atoms with Crippen LogP contribution in [0.1, 0.15) is 18.4 Å². The molecular weight excluding hydrogens is 417 g/mol. The topological polar surface area (TPSA) is 88.1 Å². The molecule has 1 N–H and O–H groups in total. The summed E-state index contributed by atoms with van der Waals surface area (Å²) in [5, 5.41) is 4.57. The number of hydrogen-bond acceptors (Lipinski definition) is 6. The smallest absolute Gasteiger partial charge is 0.354 e. The van der Waals surface area contributed by atoms with Crippen molar-refractivity contribution in [3.05, 3.63) is 64.1 Å². The number of ether oxygens (including phenoxy) is 1. The Morgan fingerprint density at radius 1 is 1.10 bits per heavy atom. The molecule has 0 unspecified atom stereocenters. The Bertz CT molecular complexity index is 1020. The molecule has 0 radical (unpaired) electrons. The first-order valence-corrected chi connectivity index (χ1v) is 9.52. The number of imide groups is 1. The minimum Gasteiger partial charge on any atom is -0.456 e. The highest BCUT2D eigenvalue weighted by atomic mass is 35.5. The minimum atomic E-state index is -1.31. The molecule has 1 atom stereocenters. The van der Waals surface area contributed by atoms with Crippen LogP contribution in [0.4, 0.5) is 5.69 Å². The van der Waals surface area contributed by atoms with Gasteiger partial charge in [-0.3, -0.25) is 15.0 Å². The summed E-state index contributed by atoms with van der Waals surface area (Å²) in [6.07, 6.45) is -0.190. The molecule has 2 aromatic carbocycles. The average Bonchev–Trinajstić information content (AvgIpc) is 3.21. The van der Waals surface area contributed by atoms with Gasteiger partial charge >= 0.3 is 5.97 Å². The lowest BCUT2D eigenvalue weighted by Gasteiger charge is -2.21. The third kappa shape index (κ3) is 3.71. The quantitative estimate of drug-likeness (QED) is 0.593. The molecular formula is C20H15Cl2N3O4. The summed E-state index contributed by atoms with van der Waals surface area (Å²) >= 11 is 12.0. The van der Waals surface area contributed by atoms with Crippen molar-refractivity contribution in [2.45, 2.75) is 25.0 Å². The first kappa shape index (κ1) is 19.4. The Morgan fingerprint density at radius 2 is 1.79 bits per heavy atom. The average molecular weight is 432 g/mol. The van der Waals surface area contributed by atoms with Gasteiger partial charge in [-0.05, 0) is 23.8 Å². The number of hydrogen-bond donors (Lipinski definition) is 1. The molecule has 1 fully saturated rings. The zero-order valence-corrected chi connectivity index (χ0v) is 16.5. The number of nitrogens with zero attached hydrogens (tertiary/aromatic N) is 2. The molecule has 0 saturated carbocycles. The summed E-state index contributed by atoms with van der Waals surface area (Å²) < 4.78 is 5.27. The Hall–Kier alpha value is -2.90. The van der Waals surface area contributed by atoms with E-state index < -0.39 is 23.3 Å². The summed E-state index contributed by atoms with van der Waals surface area (Å²) in [7, 11) is 0. The highest BCUT2D eigenvalue weighted by Gasteiger charge is 2.56. The first-order chi connectivity index (χ1) is 13.9. The van der Waals surface area contributed by atoms with Crippen molar-refractivity contribution in [2.24, 2.45) is 5.10 Å². The summed E-state index contributed by atoms with van der Waals surface area (Å²) in [5.74, 6) is -1.59. The van der Waals surface area contributed by atoms with Gasteiger partial charge in [0.05, 0.1) is 12.1 Å². The van der Waals surface area contributed by atoms with Crippen LogP contribution in [0.25, 0.3) is 0 Å². The van der Waals surface area contributed by atoms with Crippen molar-refractivity contribution >= 4 is 52.4 Å². The second-order valence-electron chi connectivity index (χ2n) is 6.83. The van der Waals surface area contributed by atoms with E-state index in [-0.39, 0.29) is 30.8 Å². The van der Waals surface area contributed by atoms with Crippen LogP contribution in [0.2, 0.25) is 10.0 Å². The van der Waals surface area contributed by atoms with Gasteiger partial charge < -0.3 is 4.74 Å². The van der Waals surface area contributed by atoms with E-state index in [0.29, 0.717) is 10.0 Å². The number of rotatable bonds is 4. The molecule has 0 aromatic heterocycles. The van der Waals surface area contributed by atoms with Crippen LogP contribution in [0.5, 0.6) is 0 Å². The molecule has 0 aliphatic carbocycles. The van der Waals surface area contributed by atoms with Gasteiger partial charge in [-0.15, -0.1) is 0 Å². The maximum absolute atomic E-state index is 13.0. The van der Waals surface area contributed by atoms with Crippen molar-refractivity contribution in [2.75, 3.05) is 4.90 Å². The number of esters is 1. The van der Waals surface area contributed by atoms with Gasteiger partial charge in [-0.2, -0.15) is 5.10 Å². The van der Waals surface area contributed by atoms with Crippen LogP contribution in [-0.4, -0.2) is 29.0 Å². The predicted molar refractivity (Wildman–Crippen MR) is 108 cm³/mol. The zero-order valence-electron chi connectivity index (χ0n) is 15.0. The van der Waals surface area contributed by atoms with E-state index in [4.69, 9.17) is 27.9 Å². The minimum absolute atomic E-state index is 0.0456. The van der Waals surface area contributed by atoms with Crippen LogP contribution in [-0.2, 0) is 25.7 Å². The molecule has 2 heterocycles. The monoisotopic (exact) mass is 431 g/mol. The maximum atomic E-state index is 13.0. The molecule has 29 heavy (non-hydrogen) atoms. The molecule has 1 spiro atoms. The van der Waals surface area contributed by atoms with Crippen molar-refractivity contribution in [3.63, 3.8) is 0 Å². The second-order valence-corrected chi connectivity index (χ2v) is 7.70. The SMILES string of the molecule is O=C(OCc1ccccc1)C1=NN[C@@]2(CC(=O)N(c3cc(Cl)cc(Cl)c3)C2=O)C1. The van der Waals surface area contributed by atoms with Crippen molar-refractivity contribution in [3.8, 4) is 0 Å². The van der Waals surface area contributed by atoms with E-state index in [1.165, 1.54) is 18.2 Å². The summed E-state index contributed by atoms with van der Waals surface area (Å²) in [4.78, 5) is 39.0. The van der Waals surface area contributed by atoms with Crippen LogP contribution in [0.15, 0.2) is 53.6 Å². The van der Waals surface area contributed by atoms with E-state index in [1.807, 2.05) is 30.3 Å². The molecule has 1 saturated heterocycles. The first-order valence-electron chi connectivity index (χ1n) is 8.76. The van der Waals surface area contributed by atoms with Gasteiger partial charge in [-0.1, -0.05) is 53.5 Å². The van der Waals surface area contributed by atoms with E-state index in [1.54, 1.807) is 0 Å². The van der Waals surface area contributed by atoms with Crippen LogP contribution < -0.4 is 10.3 Å². The molecule has 2 amide bonds. The standard InChI is InChI=1S/C20H15Cl2N3O4/c21-13-6-14(22)8-15(7-13)25-17(26)10-20(19(25)28)9-16(23-24-20)18(27)29-11-12-4-2-1-3-5-12/h1-8,24H,9-11H2/t20-/m1/s1. The fourth-order valence-electron chi connectivity index (χ4n) is 3.36. The lowest BCUT2D eigenvalue weighted by Crippen LogP contribution is -2.47. The molecule has 7 nitrogen and oxygen atoms in total. The fourth-order valence-corrected chi connectivity index (χ4v) is 3.87. The van der Waals surface area contributed by atoms with Crippen LogP contribution in [0, 0.1) is 0 Å². The molecule has 148 valence electrons. The van der Waals surface area contributed by atoms with E-state index in [9.17, 15) is 14.4 Å². The number of hydrazone groups is 1. The Balaban J connectivity index is 1.47. The van der Waals surface area contributed by atoms with Crippen LogP contribution in [0.3, 0.4) is 0 Å². The molecule has 9 heteroatoms. The van der Waals surface area contributed by atoms with Crippen molar-refractivity contribution in [1.29, 1.82) is 0 Å². The number of anilines is 1. The molecule has 4 rings (SSSR count). The van der Waals surface area contributed by atoms with Gasteiger partial charge in [0.1, 0.15) is 17.9 Å². The normalized spacial score (nSPS) is 20.8. The number of benzene rings is 2. The largest absolute Gasteiger partial charge is 0.456 e. The number of amides is 2. The summed E-state index contributed by atoms with van der Waals surface area (Å²) in [6.45, 7) is 0.0890. The van der Waals surface area contributed by atoms with Gasteiger partial charge in [0.15, 0.2) is 0 Å². The van der Waals surface area contributed by atoms with Gasteiger partial charge in [0.2, 0.25) is 5.91 Å². The zero-order chi connectivity index (χ0) is 20.6. The maximum Gasteiger partial charge on any atom is 0.354 e. The number of nitrogens with one attached hydrogen (secondary N) is 1. The lowest BCUT2D eigenvalue weighted by atomic mass is 9.93. The fraction of sp³-hybridized carbons (Fsp3) is 0.200. The number of carbonyl (C=O) groups is 3. The molecule has 2 aliphatic rings. The van der Waals surface area contributed by atoms with Gasteiger partial charge in [0.25, 0.3) is 5.91 Å². The summed E-state index contributed by atoms with van der Waals surface area (Å²) in [6, 6.07) is 13.7. The van der Waals surface area contributed by atoms with E-state index >= 15 is 0 Å².